The van der Waals surface area contributed by atoms with Gasteiger partial charge in [0.05, 0.1) is 21.3 Å². The lowest BCUT2D eigenvalue weighted by molar-refractivity contribution is 0.0580. The molecule has 0 bridgehead atoms. The molecule has 2 N–H and O–H groups in total. The minimum absolute atomic E-state index is 0. The summed E-state index contributed by atoms with van der Waals surface area (Å²) in [6.07, 6.45) is 1.94. The molecule has 2 rings (SSSR count). The van der Waals surface area contributed by atoms with Gasteiger partial charge in [0, 0.05) is 24.8 Å². The maximum atomic E-state index is 6.43. The van der Waals surface area contributed by atoms with Crippen molar-refractivity contribution in [3.05, 3.63) is 17.7 Å². The summed E-state index contributed by atoms with van der Waals surface area (Å²) in [7, 11) is 4.83. The van der Waals surface area contributed by atoms with Crippen LogP contribution in [-0.2, 0) is 4.74 Å². The van der Waals surface area contributed by atoms with Crippen molar-refractivity contribution in [3.63, 3.8) is 0 Å². The van der Waals surface area contributed by atoms with Crippen molar-refractivity contribution >= 4 is 12.4 Å². The molecule has 0 aromatic heterocycles. The Labute approximate surface area is 132 Å². The second-order valence-corrected chi connectivity index (χ2v) is 4.90. The highest BCUT2D eigenvalue weighted by Gasteiger charge is 2.27. The van der Waals surface area contributed by atoms with Gasteiger partial charge in [-0.25, -0.2) is 0 Å². The van der Waals surface area contributed by atoms with Gasteiger partial charge in [-0.05, 0) is 30.9 Å². The monoisotopic (exact) mass is 317 g/mol. The van der Waals surface area contributed by atoms with Crippen molar-refractivity contribution < 1.29 is 18.9 Å². The van der Waals surface area contributed by atoms with Crippen LogP contribution >= 0.6 is 12.4 Å². The molecule has 0 unspecified atom stereocenters. The van der Waals surface area contributed by atoms with Gasteiger partial charge in [0.2, 0.25) is 5.75 Å². The maximum absolute atomic E-state index is 6.43. The predicted octanol–water partition coefficient (Wildman–Crippen LogP) is 2.56. The molecule has 1 aromatic carbocycles. The van der Waals surface area contributed by atoms with Gasteiger partial charge in [-0.1, -0.05) is 0 Å². The molecule has 1 heterocycles. The first kappa shape index (κ1) is 17.9. The molecule has 0 spiro atoms. The van der Waals surface area contributed by atoms with Crippen LogP contribution < -0.4 is 19.9 Å². The van der Waals surface area contributed by atoms with E-state index in [1.807, 2.05) is 12.1 Å². The first-order chi connectivity index (χ1) is 9.72. The number of nitrogens with two attached hydrogens (primary N) is 1. The lowest BCUT2D eigenvalue weighted by atomic mass is 9.87. The molecule has 21 heavy (non-hydrogen) atoms. The van der Waals surface area contributed by atoms with Crippen LogP contribution in [0.15, 0.2) is 12.1 Å². The van der Waals surface area contributed by atoms with Crippen LogP contribution in [0.5, 0.6) is 17.2 Å². The summed E-state index contributed by atoms with van der Waals surface area (Å²) in [5, 5.41) is 0. The van der Waals surface area contributed by atoms with E-state index in [4.69, 9.17) is 24.7 Å². The molecule has 1 atom stereocenters. The minimum Gasteiger partial charge on any atom is -0.493 e. The normalized spacial score (nSPS) is 16.8. The van der Waals surface area contributed by atoms with Crippen molar-refractivity contribution in [2.75, 3.05) is 34.5 Å². The Kier molecular flexibility index (Phi) is 7.08. The summed E-state index contributed by atoms with van der Waals surface area (Å²) >= 11 is 0. The Morgan fingerprint density at radius 1 is 1.05 bits per heavy atom. The fourth-order valence-corrected chi connectivity index (χ4v) is 2.72. The molecule has 1 aromatic rings. The lowest BCUT2D eigenvalue weighted by Gasteiger charge is -2.29. The van der Waals surface area contributed by atoms with Gasteiger partial charge in [0.25, 0.3) is 0 Å². The average Bonchev–Trinajstić information content (AvgIpc) is 2.53. The quantitative estimate of drug-likeness (QED) is 0.904. The van der Waals surface area contributed by atoms with E-state index >= 15 is 0 Å². The van der Waals surface area contributed by atoms with E-state index < -0.39 is 0 Å². The number of hydrogen-bond donors (Lipinski definition) is 1. The van der Waals surface area contributed by atoms with Gasteiger partial charge in [-0.3, -0.25) is 0 Å². The molecule has 0 radical (unpaired) electrons. The van der Waals surface area contributed by atoms with Crippen LogP contribution in [0.25, 0.3) is 0 Å². The predicted molar refractivity (Wildman–Crippen MR) is 83.8 cm³/mol. The molecule has 1 aliphatic rings. The van der Waals surface area contributed by atoms with E-state index in [1.54, 1.807) is 21.3 Å². The Hall–Kier alpha value is -1.17. The maximum Gasteiger partial charge on any atom is 0.203 e. The topological polar surface area (TPSA) is 62.9 Å². The summed E-state index contributed by atoms with van der Waals surface area (Å²) in [4.78, 5) is 0. The Bertz CT molecular complexity index is 450. The molecule has 0 saturated carbocycles. The van der Waals surface area contributed by atoms with Gasteiger partial charge in [-0.15, -0.1) is 12.4 Å². The zero-order valence-electron chi connectivity index (χ0n) is 12.8. The van der Waals surface area contributed by atoms with Crippen molar-refractivity contribution in [2.45, 2.75) is 18.9 Å². The van der Waals surface area contributed by atoms with Crippen molar-refractivity contribution in [1.82, 2.24) is 0 Å². The van der Waals surface area contributed by atoms with Crippen LogP contribution in [0.4, 0.5) is 0 Å². The van der Waals surface area contributed by atoms with E-state index in [2.05, 4.69) is 0 Å². The van der Waals surface area contributed by atoms with Crippen molar-refractivity contribution in [2.24, 2.45) is 11.7 Å². The number of rotatable bonds is 5. The summed E-state index contributed by atoms with van der Waals surface area (Å²) < 4.78 is 21.6. The SMILES string of the molecule is COc1ccc([C@H](N)C2CCOCC2)c(OC)c1OC.Cl. The smallest absolute Gasteiger partial charge is 0.203 e. The van der Waals surface area contributed by atoms with Gasteiger partial charge >= 0.3 is 0 Å². The average molecular weight is 318 g/mol. The largest absolute Gasteiger partial charge is 0.493 e. The van der Waals surface area contributed by atoms with Crippen LogP contribution in [0.1, 0.15) is 24.4 Å². The molecule has 0 aliphatic carbocycles. The summed E-state index contributed by atoms with van der Waals surface area (Å²) in [6.45, 7) is 1.54. The number of benzene rings is 1. The molecule has 5 nitrogen and oxygen atoms in total. The fourth-order valence-electron chi connectivity index (χ4n) is 2.72. The van der Waals surface area contributed by atoms with Crippen molar-refractivity contribution in [1.29, 1.82) is 0 Å². The third-order valence-corrected chi connectivity index (χ3v) is 3.87. The van der Waals surface area contributed by atoms with Crippen molar-refractivity contribution in [3.8, 4) is 17.2 Å². The summed E-state index contributed by atoms with van der Waals surface area (Å²) in [6, 6.07) is 3.74. The third kappa shape index (κ3) is 3.73. The van der Waals surface area contributed by atoms with E-state index in [1.165, 1.54) is 0 Å². The van der Waals surface area contributed by atoms with E-state index in [9.17, 15) is 0 Å². The first-order valence-corrected chi connectivity index (χ1v) is 6.85. The lowest BCUT2D eigenvalue weighted by Crippen LogP contribution is -2.27. The van der Waals surface area contributed by atoms with E-state index in [-0.39, 0.29) is 18.4 Å². The third-order valence-electron chi connectivity index (χ3n) is 3.87. The molecular formula is C15H24ClNO4. The highest BCUT2D eigenvalue weighted by molar-refractivity contribution is 5.85. The summed E-state index contributed by atoms with van der Waals surface area (Å²) in [5.74, 6) is 2.30. The Morgan fingerprint density at radius 2 is 1.67 bits per heavy atom. The zero-order valence-corrected chi connectivity index (χ0v) is 13.6. The van der Waals surface area contributed by atoms with Gasteiger partial charge in [0.1, 0.15) is 0 Å². The number of methoxy groups -OCH3 is 3. The van der Waals surface area contributed by atoms with Gasteiger partial charge in [0.15, 0.2) is 11.5 Å². The second kappa shape index (κ2) is 8.32. The number of ether oxygens (including phenoxy) is 4. The van der Waals surface area contributed by atoms with Crippen LogP contribution in [0.3, 0.4) is 0 Å². The van der Waals surface area contributed by atoms with Crippen LogP contribution in [-0.4, -0.2) is 34.5 Å². The molecule has 120 valence electrons. The number of halogens is 1. The highest BCUT2D eigenvalue weighted by atomic mass is 35.5. The fraction of sp³-hybridized carbons (Fsp3) is 0.600. The zero-order chi connectivity index (χ0) is 14.5. The molecule has 1 aliphatic heterocycles. The standard InChI is InChI=1S/C15H23NO4.ClH/c1-17-12-5-4-11(14(18-2)15(12)19-3)13(16)10-6-8-20-9-7-10;/h4-5,10,13H,6-9,16H2,1-3H3;1H/t13-;/m1./s1. The molecule has 1 fully saturated rings. The van der Waals surface area contributed by atoms with Gasteiger partial charge in [-0.2, -0.15) is 0 Å². The van der Waals surface area contributed by atoms with E-state index in [0.717, 1.165) is 31.6 Å². The Morgan fingerprint density at radius 3 is 2.19 bits per heavy atom. The molecule has 0 amide bonds. The minimum atomic E-state index is -0.0892. The van der Waals surface area contributed by atoms with E-state index in [0.29, 0.717) is 23.2 Å². The molecule has 6 heteroatoms. The Balaban J connectivity index is 0.00000220. The second-order valence-electron chi connectivity index (χ2n) is 4.90. The molecule has 1 saturated heterocycles. The van der Waals surface area contributed by atoms with Crippen LogP contribution in [0, 0.1) is 5.92 Å². The first-order valence-electron chi connectivity index (χ1n) is 6.85. The molecular weight excluding hydrogens is 294 g/mol. The van der Waals surface area contributed by atoms with Crippen LogP contribution in [0.2, 0.25) is 0 Å². The number of hydrogen-bond acceptors (Lipinski definition) is 5. The van der Waals surface area contributed by atoms with Gasteiger partial charge < -0.3 is 24.7 Å². The highest BCUT2D eigenvalue weighted by Crippen LogP contribution is 2.43. The summed E-state index contributed by atoms with van der Waals surface area (Å²) in [5.41, 5.74) is 7.38.